The van der Waals surface area contributed by atoms with Crippen LogP contribution in [0.2, 0.25) is 0 Å². The number of hydrogen-bond acceptors (Lipinski definition) is 3. The van der Waals surface area contributed by atoms with E-state index in [0.717, 1.165) is 63.3 Å². The van der Waals surface area contributed by atoms with Gasteiger partial charge in [0.25, 0.3) is 0 Å². The largest absolute Gasteiger partial charge is 0.469 e. The predicted molar refractivity (Wildman–Crippen MR) is 112 cm³/mol. The van der Waals surface area contributed by atoms with E-state index in [-0.39, 0.29) is 24.0 Å². The van der Waals surface area contributed by atoms with Crippen molar-refractivity contribution in [3.05, 3.63) is 24.2 Å². The molecule has 0 aromatic carbocycles. The van der Waals surface area contributed by atoms with Crippen molar-refractivity contribution in [2.24, 2.45) is 10.9 Å². The van der Waals surface area contributed by atoms with Gasteiger partial charge in [0.15, 0.2) is 5.96 Å². The second-order valence-corrected chi connectivity index (χ2v) is 7.10. The summed E-state index contributed by atoms with van der Waals surface area (Å²) >= 11 is 0. The van der Waals surface area contributed by atoms with Crippen LogP contribution in [0.1, 0.15) is 44.8 Å². The fourth-order valence-electron chi connectivity index (χ4n) is 3.54. The summed E-state index contributed by atoms with van der Waals surface area (Å²) in [7, 11) is 0. The molecule has 0 spiro atoms. The van der Waals surface area contributed by atoms with Crippen molar-refractivity contribution < 1.29 is 9.15 Å². The molecule has 2 aliphatic heterocycles. The number of nitrogens with zero attached hydrogens (tertiary/aromatic N) is 2. The number of rotatable bonds is 5. The first-order valence-electron chi connectivity index (χ1n) is 9.48. The molecule has 142 valence electrons. The second-order valence-electron chi connectivity index (χ2n) is 7.10. The molecule has 2 unspecified atom stereocenters. The lowest BCUT2D eigenvalue weighted by molar-refractivity contribution is 0.0222. The third-order valence-electron chi connectivity index (χ3n) is 4.91. The zero-order chi connectivity index (χ0) is 16.6. The number of likely N-dealkylation sites (tertiary alicyclic amines) is 1. The Morgan fingerprint density at radius 1 is 1.32 bits per heavy atom. The molecule has 0 radical (unpaired) electrons. The summed E-state index contributed by atoms with van der Waals surface area (Å²) in [6.45, 7) is 7.04. The number of guanidine groups is 1. The zero-order valence-electron chi connectivity index (χ0n) is 15.3. The first kappa shape index (κ1) is 20.6. The van der Waals surface area contributed by atoms with E-state index < -0.39 is 0 Å². The number of ether oxygens (including phenoxy) is 1. The molecule has 25 heavy (non-hydrogen) atoms. The summed E-state index contributed by atoms with van der Waals surface area (Å²) in [5, 5.41) is 3.55. The Morgan fingerprint density at radius 3 is 2.96 bits per heavy atom. The quantitative estimate of drug-likeness (QED) is 0.413. The monoisotopic (exact) mass is 461 g/mol. The molecule has 1 aromatic rings. The number of halogens is 1. The molecule has 0 amide bonds. The van der Waals surface area contributed by atoms with E-state index >= 15 is 0 Å². The molecule has 0 bridgehead atoms. The van der Waals surface area contributed by atoms with E-state index in [1.165, 1.54) is 25.7 Å². The van der Waals surface area contributed by atoms with Crippen molar-refractivity contribution >= 4 is 29.9 Å². The van der Waals surface area contributed by atoms with E-state index in [2.05, 4.69) is 17.1 Å². The van der Waals surface area contributed by atoms with Crippen LogP contribution in [0, 0.1) is 5.92 Å². The first-order valence-corrected chi connectivity index (χ1v) is 9.48. The average molecular weight is 461 g/mol. The van der Waals surface area contributed by atoms with Crippen molar-refractivity contribution in [3.63, 3.8) is 0 Å². The van der Waals surface area contributed by atoms with Crippen molar-refractivity contribution in [1.29, 1.82) is 0 Å². The molecule has 1 aromatic heterocycles. The summed E-state index contributed by atoms with van der Waals surface area (Å²) in [6.07, 6.45) is 9.08. The number of nitrogens with one attached hydrogen (secondary N) is 1. The van der Waals surface area contributed by atoms with Gasteiger partial charge in [-0.3, -0.25) is 4.99 Å². The lowest BCUT2D eigenvalue weighted by Crippen LogP contribution is -2.47. The smallest absolute Gasteiger partial charge is 0.194 e. The number of aliphatic imine (C=N–C) groups is 1. The Kier molecular flexibility index (Phi) is 9.09. The molecule has 0 aliphatic carbocycles. The van der Waals surface area contributed by atoms with Gasteiger partial charge in [0.2, 0.25) is 0 Å². The van der Waals surface area contributed by atoms with E-state index in [1.54, 1.807) is 6.26 Å². The van der Waals surface area contributed by atoms with Gasteiger partial charge < -0.3 is 19.4 Å². The van der Waals surface area contributed by atoms with Crippen molar-refractivity contribution in [2.75, 3.05) is 32.8 Å². The van der Waals surface area contributed by atoms with Crippen LogP contribution in [-0.2, 0) is 11.2 Å². The lowest BCUT2D eigenvalue weighted by atomic mass is 10.0. The first-order chi connectivity index (χ1) is 11.8. The molecule has 2 fully saturated rings. The van der Waals surface area contributed by atoms with Crippen LogP contribution in [0.4, 0.5) is 0 Å². The molecular formula is C19H32IN3O2. The van der Waals surface area contributed by atoms with Crippen molar-refractivity contribution in [2.45, 2.75) is 51.6 Å². The molecule has 6 heteroatoms. The maximum atomic E-state index is 5.83. The molecule has 2 saturated heterocycles. The van der Waals surface area contributed by atoms with Crippen molar-refractivity contribution in [1.82, 2.24) is 10.2 Å². The van der Waals surface area contributed by atoms with E-state index in [1.807, 2.05) is 12.1 Å². The van der Waals surface area contributed by atoms with Crippen LogP contribution in [0.5, 0.6) is 0 Å². The standard InChI is InChI=1S/C19H31N3O2.HI/c1-16-6-4-11-22(15-16)19(20-10-9-17-8-5-13-23-17)21-14-18-7-2-3-12-24-18;/h5,8,13,16,18H,2-4,6-7,9-12,14-15H2,1H3,(H,20,21);1H. The van der Waals surface area contributed by atoms with Gasteiger partial charge >= 0.3 is 0 Å². The van der Waals surface area contributed by atoms with Gasteiger partial charge in [0, 0.05) is 32.7 Å². The molecule has 3 rings (SSSR count). The topological polar surface area (TPSA) is 50.0 Å². The fraction of sp³-hybridized carbons (Fsp3) is 0.737. The highest BCUT2D eigenvalue weighted by Crippen LogP contribution is 2.16. The SMILES string of the molecule is CC1CCCN(C(=NCC2CCCCO2)NCCc2ccco2)C1.I. The third kappa shape index (κ3) is 6.81. The van der Waals surface area contributed by atoms with Crippen LogP contribution >= 0.6 is 24.0 Å². The molecule has 1 N–H and O–H groups in total. The van der Waals surface area contributed by atoms with Gasteiger partial charge in [0.1, 0.15) is 5.76 Å². The molecule has 3 heterocycles. The van der Waals surface area contributed by atoms with Gasteiger partial charge in [-0.1, -0.05) is 6.92 Å². The summed E-state index contributed by atoms with van der Waals surface area (Å²) in [6, 6.07) is 3.97. The van der Waals surface area contributed by atoms with Crippen molar-refractivity contribution in [3.8, 4) is 0 Å². The van der Waals surface area contributed by atoms with Crippen LogP contribution in [0.3, 0.4) is 0 Å². The average Bonchev–Trinajstić information content (AvgIpc) is 3.12. The third-order valence-corrected chi connectivity index (χ3v) is 4.91. The summed E-state index contributed by atoms with van der Waals surface area (Å²) in [5.74, 6) is 2.80. The van der Waals surface area contributed by atoms with Gasteiger partial charge in [-0.15, -0.1) is 24.0 Å². The van der Waals surface area contributed by atoms with E-state index in [0.29, 0.717) is 6.10 Å². The van der Waals surface area contributed by atoms with Crippen LogP contribution in [0.15, 0.2) is 27.8 Å². The minimum Gasteiger partial charge on any atom is -0.469 e. The molecule has 2 atom stereocenters. The number of furan rings is 1. The van der Waals surface area contributed by atoms with Gasteiger partial charge in [0.05, 0.1) is 18.9 Å². The summed E-state index contributed by atoms with van der Waals surface area (Å²) in [4.78, 5) is 7.32. The van der Waals surface area contributed by atoms with Gasteiger partial charge in [-0.2, -0.15) is 0 Å². The lowest BCUT2D eigenvalue weighted by Gasteiger charge is -2.34. The fourth-order valence-corrected chi connectivity index (χ4v) is 3.54. The van der Waals surface area contributed by atoms with Crippen LogP contribution in [-0.4, -0.2) is 49.7 Å². The van der Waals surface area contributed by atoms with Crippen LogP contribution < -0.4 is 5.32 Å². The maximum Gasteiger partial charge on any atom is 0.194 e. The minimum atomic E-state index is 0. The Bertz CT molecular complexity index is 501. The van der Waals surface area contributed by atoms with Gasteiger partial charge in [-0.25, -0.2) is 0 Å². The molecule has 0 saturated carbocycles. The highest BCUT2D eigenvalue weighted by atomic mass is 127. The predicted octanol–water partition coefficient (Wildman–Crippen LogP) is 3.69. The Labute approximate surface area is 168 Å². The molecule has 5 nitrogen and oxygen atoms in total. The van der Waals surface area contributed by atoms with E-state index in [4.69, 9.17) is 14.1 Å². The number of piperidine rings is 1. The highest BCUT2D eigenvalue weighted by Gasteiger charge is 2.20. The summed E-state index contributed by atoms with van der Waals surface area (Å²) < 4.78 is 11.3. The van der Waals surface area contributed by atoms with E-state index in [9.17, 15) is 0 Å². The Hall–Kier alpha value is -0.760. The molecule has 2 aliphatic rings. The minimum absolute atomic E-state index is 0. The van der Waals surface area contributed by atoms with Gasteiger partial charge in [-0.05, 0) is 50.2 Å². The summed E-state index contributed by atoms with van der Waals surface area (Å²) in [5.41, 5.74) is 0. The zero-order valence-corrected chi connectivity index (χ0v) is 17.6. The second kappa shape index (κ2) is 11.1. The maximum absolute atomic E-state index is 5.83. The highest BCUT2D eigenvalue weighted by molar-refractivity contribution is 14.0. The Balaban J connectivity index is 0.00000225. The number of hydrogen-bond donors (Lipinski definition) is 1. The normalized spacial score (nSPS) is 24.7. The van der Waals surface area contributed by atoms with Crippen LogP contribution in [0.25, 0.3) is 0 Å². The molecular weight excluding hydrogens is 429 g/mol. The Morgan fingerprint density at radius 2 is 2.24 bits per heavy atom.